The summed E-state index contributed by atoms with van der Waals surface area (Å²) >= 11 is 0. The number of nitrogens with two attached hydrogens (primary N) is 1. The van der Waals surface area contributed by atoms with Crippen molar-refractivity contribution in [3.63, 3.8) is 0 Å². The average molecular weight is 263 g/mol. The second-order valence-electron chi connectivity index (χ2n) is 3.39. The van der Waals surface area contributed by atoms with E-state index in [1.165, 1.54) is 12.1 Å². The Morgan fingerprint density at radius 2 is 1.22 bits per heavy atom. The van der Waals surface area contributed by atoms with Crippen LogP contribution in [0.5, 0.6) is 0 Å². The molecular weight excluding hydrogens is 246 g/mol. The van der Waals surface area contributed by atoms with Crippen molar-refractivity contribution in [2.24, 2.45) is 0 Å². The van der Waals surface area contributed by atoms with Crippen LogP contribution >= 0.6 is 0 Å². The fourth-order valence-corrected chi connectivity index (χ4v) is 2.66. The van der Waals surface area contributed by atoms with Gasteiger partial charge in [0, 0.05) is 5.69 Å². The van der Waals surface area contributed by atoms with E-state index in [4.69, 9.17) is 5.73 Å². The summed E-state index contributed by atoms with van der Waals surface area (Å²) in [7, 11) is -3.41. The van der Waals surface area contributed by atoms with Crippen molar-refractivity contribution >= 4 is 15.5 Å². The zero-order chi connectivity index (χ0) is 13.6. The van der Waals surface area contributed by atoms with Crippen molar-refractivity contribution in [2.45, 2.75) is 23.6 Å². The first-order chi connectivity index (χ1) is 8.60. The topological polar surface area (TPSA) is 60.2 Å². The van der Waals surface area contributed by atoms with Gasteiger partial charge in [-0.05, 0) is 36.4 Å². The van der Waals surface area contributed by atoms with E-state index in [1.807, 2.05) is 13.8 Å². The van der Waals surface area contributed by atoms with Gasteiger partial charge in [0.1, 0.15) is 0 Å². The lowest BCUT2D eigenvalue weighted by Gasteiger charge is -2.04. The predicted octanol–water partition coefficient (Wildman–Crippen LogP) is 3.13. The van der Waals surface area contributed by atoms with Crippen molar-refractivity contribution in [2.75, 3.05) is 5.73 Å². The molecule has 4 heteroatoms. The zero-order valence-electron chi connectivity index (χ0n) is 10.5. The van der Waals surface area contributed by atoms with E-state index in [0.717, 1.165) is 0 Å². The largest absolute Gasteiger partial charge is 0.399 e. The van der Waals surface area contributed by atoms with Crippen LogP contribution < -0.4 is 5.73 Å². The minimum Gasteiger partial charge on any atom is -0.399 e. The van der Waals surface area contributed by atoms with Gasteiger partial charge in [0.2, 0.25) is 9.84 Å². The van der Waals surface area contributed by atoms with Crippen LogP contribution in [0.1, 0.15) is 13.8 Å². The molecule has 96 valence electrons. The highest BCUT2D eigenvalue weighted by molar-refractivity contribution is 7.91. The van der Waals surface area contributed by atoms with Gasteiger partial charge >= 0.3 is 0 Å². The second-order valence-corrected chi connectivity index (χ2v) is 5.34. The maximum absolute atomic E-state index is 12.1. The number of hydrogen-bond acceptors (Lipinski definition) is 3. The number of anilines is 1. The molecule has 2 N–H and O–H groups in total. The summed E-state index contributed by atoms with van der Waals surface area (Å²) < 4.78 is 24.2. The monoisotopic (exact) mass is 263 g/mol. The molecule has 0 saturated carbocycles. The lowest BCUT2D eigenvalue weighted by atomic mass is 10.3. The van der Waals surface area contributed by atoms with Crippen LogP contribution in [-0.2, 0) is 9.84 Å². The third-order valence-electron chi connectivity index (χ3n) is 2.24. The normalized spacial score (nSPS) is 10.3. The van der Waals surface area contributed by atoms with Gasteiger partial charge < -0.3 is 5.73 Å². The average Bonchev–Trinajstić information content (AvgIpc) is 2.42. The van der Waals surface area contributed by atoms with E-state index >= 15 is 0 Å². The molecule has 0 spiro atoms. The fraction of sp³-hybridized carbons (Fsp3) is 0.143. The Morgan fingerprint density at radius 3 is 1.72 bits per heavy atom. The Labute approximate surface area is 108 Å². The van der Waals surface area contributed by atoms with Crippen LogP contribution in [0.15, 0.2) is 64.4 Å². The van der Waals surface area contributed by atoms with Crippen molar-refractivity contribution in [3.8, 4) is 0 Å². The van der Waals surface area contributed by atoms with Gasteiger partial charge in [-0.3, -0.25) is 0 Å². The summed E-state index contributed by atoms with van der Waals surface area (Å²) in [6, 6.07) is 14.5. The predicted molar refractivity (Wildman–Crippen MR) is 74.1 cm³/mol. The summed E-state index contributed by atoms with van der Waals surface area (Å²) in [4.78, 5) is 0.549. The smallest absolute Gasteiger partial charge is 0.206 e. The Hall–Kier alpha value is -1.81. The molecule has 0 bridgehead atoms. The van der Waals surface area contributed by atoms with Gasteiger partial charge in [0.05, 0.1) is 9.79 Å². The van der Waals surface area contributed by atoms with Crippen molar-refractivity contribution < 1.29 is 8.42 Å². The molecule has 0 atom stereocenters. The molecule has 18 heavy (non-hydrogen) atoms. The zero-order valence-corrected chi connectivity index (χ0v) is 11.3. The number of nitrogen functional groups attached to an aromatic ring is 1. The van der Waals surface area contributed by atoms with Gasteiger partial charge in [-0.2, -0.15) is 0 Å². The van der Waals surface area contributed by atoms with Gasteiger partial charge in [-0.1, -0.05) is 32.0 Å². The molecule has 0 unspecified atom stereocenters. The van der Waals surface area contributed by atoms with Gasteiger partial charge in [0.15, 0.2) is 0 Å². The van der Waals surface area contributed by atoms with E-state index in [-0.39, 0.29) is 4.90 Å². The van der Waals surface area contributed by atoms with Gasteiger partial charge in [0.25, 0.3) is 0 Å². The van der Waals surface area contributed by atoms with E-state index in [0.29, 0.717) is 10.6 Å². The number of sulfone groups is 1. The molecule has 0 aliphatic rings. The minimum atomic E-state index is -3.41. The highest BCUT2D eigenvalue weighted by Crippen LogP contribution is 2.20. The van der Waals surface area contributed by atoms with E-state index < -0.39 is 9.84 Å². The Morgan fingerprint density at radius 1 is 0.778 bits per heavy atom. The molecule has 0 amide bonds. The first-order valence-corrected chi connectivity index (χ1v) is 7.25. The van der Waals surface area contributed by atoms with E-state index in [1.54, 1.807) is 42.5 Å². The number of rotatable bonds is 2. The summed E-state index contributed by atoms with van der Waals surface area (Å²) in [5.41, 5.74) is 6.06. The Bertz CT molecular complexity index is 575. The number of benzene rings is 2. The first kappa shape index (κ1) is 14.3. The van der Waals surface area contributed by atoms with Crippen LogP contribution in [0.3, 0.4) is 0 Å². The standard InChI is InChI=1S/C12H11NO2S.C2H6/c13-10-6-8-12(9-7-10)16(14,15)11-4-2-1-3-5-11;1-2/h1-9H,13H2;1-2H3. The lowest BCUT2D eigenvalue weighted by molar-refractivity contribution is 0.596. The molecule has 2 aromatic rings. The summed E-state index contributed by atoms with van der Waals surface area (Å²) in [5, 5.41) is 0. The highest BCUT2D eigenvalue weighted by atomic mass is 32.2. The SMILES string of the molecule is CC.Nc1ccc(S(=O)(=O)c2ccccc2)cc1. The second kappa shape index (κ2) is 6.21. The van der Waals surface area contributed by atoms with Crippen molar-refractivity contribution in [3.05, 3.63) is 54.6 Å². The molecule has 0 aromatic heterocycles. The molecule has 3 nitrogen and oxygen atoms in total. The third kappa shape index (κ3) is 3.11. The maximum Gasteiger partial charge on any atom is 0.206 e. The molecule has 0 saturated heterocycles. The third-order valence-corrected chi connectivity index (χ3v) is 4.03. The summed E-state index contributed by atoms with van der Waals surface area (Å²) in [5.74, 6) is 0. The van der Waals surface area contributed by atoms with Crippen LogP contribution in [-0.4, -0.2) is 8.42 Å². The quantitative estimate of drug-likeness (QED) is 0.847. The van der Waals surface area contributed by atoms with Gasteiger partial charge in [-0.15, -0.1) is 0 Å². The fourth-order valence-electron chi connectivity index (χ4n) is 1.38. The molecule has 0 aliphatic carbocycles. The molecule has 2 rings (SSSR count). The van der Waals surface area contributed by atoms with Crippen LogP contribution in [0.2, 0.25) is 0 Å². The summed E-state index contributed by atoms with van der Waals surface area (Å²) in [6.45, 7) is 4.00. The summed E-state index contributed by atoms with van der Waals surface area (Å²) in [6.07, 6.45) is 0. The molecule has 2 aromatic carbocycles. The Kier molecular flexibility index (Phi) is 4.92. The molecular formula is C14H17NO2S. The molecule has 0 heterocycles. The van der Waals surface area contributed by atoms with Crippen molar-refractivity contribution in [1.29, 1.82) is 0 Å². The first-order valence-electron chi connectivity index (χ1n) is 5.76. The molecule has 0 fully saturated rings. The molecule has 0 aliphatic heterocycles. The lowest BCUT2D eigenvalue weighted by Crippen LogP contribution is -2.01. The van der Waals surface area contributed by atoms with E-state index in [2.05, 4.69) is 0 Å². The van der Waals surface area contributed by atoms with E-state index in [9.17, 15) is 8.42 Å². The maximum atomic E-state index is 12.1. The van der Waals surface area contributed by atoms with Crippen LogP contribution in [0, 0.1) is 0 Å². The van der Waals surface area contributed by atoms with Crippen LogP contribution in [0.25, 0.3) is 0 Å². The molecule has 0 radical (unpaired) electrons. The van der Waals surface area contributed by atoms with Crippen molar-refractivity contribution in [1.82, 2.24) is 0 Å². The van der Waals surface area contributed by atoms with Crippen LogP contribution in [0.4, 0.5) is 5.69 Å². The number of hydrogen-bond donors (Lipinski definition) is 1. The highest BCUT2D eigenvalue weighted by Gasteiger charge is 2.16. The minimum absolute atomic E-state index is 0.257. The Balaban J connectivity index is 0.000000771. The van der Waals surface area contributed by atoms with Gasteiger partial charge in [-0.25, -0.2) is 8.42 Å².